The van der Waals surface area contributed by atoms with Crippen molar-refractivity contribution < 1.29 is 33.8 Å². The molecule has 0 spiro atoms. The van der Waals surface area contributed by atoms with Crippen LogP contribution in [0.25, 0.3) is 0 Å². The van der Waals surface area contributed by atoms with Gasteiger partial charge in [0.2, 0.25) is 5.91 Å². The number of likely N-dealkylation sites (tertiary alicyclic amines) is 1. The lowest BCUT2D eigenvalue weighted by Crippen LogP contribution is -2.50. The number of carbonyl (C=O) groups excluding carboxylic acids is 3. The Hall–Kier alpha value is -5.17. The number of amides is 4. The van der Waals surface area contributed by atoms with Crippen molar-refractivity contribution in [3.63, 3.8) is 0 Å². The second kappa shape index (κ2) is 15.7. The number of pyridine rings is 1. The summed E-state index contributed by atoms with van der Waals surface area (Å²) >= 11 is 0. The zero-order chi connectivity index (χ0) is 30.4. The highest BCUT2D eigenvalue weighted by molar-refractivity contribution is 5.92. The predicted octanol–water partition coefficient (Wildman–Crippen LogP) is 2.68. The lowest BCUT2D eigenvalue weighted by Gasteiger charge is -2.24. The molecule has 1 saturated heterocycles. The average molecular weight is 591 g/mol. The standard InChI is InChI=1S/C30H34N6O7/c37-27(33-17-25(28(38)39)35-29(40)34-22-11-5-2-6-12-22)20-42-24-15-23(16-32-26-13-7-8-14-31-26)36(18-24)30(41)43-19-21-9-3-1-4-10-21/h1-14,23-25H,15-20H2,(H,31,32)(H,33,37)(H,38,39)(H2,34,35,40). The van der Waals surface area contributed by atoms with Gasteiger partial charge >= 0.3 is 18.1 Å². The minimum absolute atomic E-state index is 0.118. The third-order valence-corrected chi connectivity index (χ3v) is 6.59. The first-order valence-electron chi connectivity index (χ1n) is 13.7. The molecule has 1 aliphatic rings. The molecule has 1 aliphatic heterocycles. The number of benzene rings is 2. The van der Waals surface area contributed by atoms with Crippen LogP contribution in [0, 0.1) is 0 Å². The van der Waals surface area contributed by atoms with Gasteiger partial charge < -0.3 is 40.7 Å². The zero-order valence-corrected chi connectivity index (χ0v) is 23.3. The van der Waals surface area contributed by atoms with Crippen molar-refractivity contribution in [1.82, 2.24) is 20.5 Å². The molecule has 3 aromatic rings. The summed E-state index contributed by atoms with van der Waals surface area (Å²) in [5.41, 5.74) is 1.35. The third kappa shape index (κ3) is 10.0. The molecule has 0 radical (unpaired) electrons. The number of para-hydroxylation sites is 1. The van der Waals surface area contributed by atoms with Gasteiger partial charge in [-0.15, -0.1) is 0 Å². The smallest absolute Gasteiger partial charge is 0.410 e. The van der Waals surface area contributed by atoms with Gasteiger partial charge in [-0.05, 0) is 36.2 Å². The number of aliphatic carboxylic acids is 1. The molecule has 3 unspecified atom stereocenters. The summed E-state index contributed by atoms with van der Waals surface area (Å²) in [4.78, 5) is 55.1. The van der Waals surface area contributed by atoms with E-state index in [-0.39, 0.29) is 32.3 Å². The lowest BCUT2D eigenvalue weighted by molar-refractivity contribution is -0.139. The fourth-order valence-corrected chi connectivity index (χ4v) is 4.41. The molecular formula is C30H34N6O7. The predicted molar refractivity (Wildman–Crippen MR) is 157 cm³/mol. The monoisotopic (exact) mass is 590 g/mol. The third-order valence-electron chi connectivity index (χ3n) is 6.59. The van der Waals surface area contributed by atoms with Crippen LogP contribution in [-0.4, -0.2) is 83.4 Å². The number of carboxylic acid groups (broad SMARTS) is 1. The summed E-state index contributed by atoms with van der Waals surface area (Å²) < 4.78 is 11.3. The summed E-state index contributed by atoms with van der Waals surface area (Å²) in [6.07, 6.45) is 1.13. The van der Waals surface area contributed by atoms with Gasteiger partial charge in [-0.2, -0.15) is 0 Å². The summed E-state index contributed by atoms with van der Waals surface area (Å²) in [5.74, 6) is -1.22. The Morgan fingerprint density at radius 2 is 1.70 bits per heavy atom. The van der Waals surface area contributed by atoms with Crippen LogP contribution in [0.4, 0.5) is 21.1 Å². The Labute approximate surface area is 248 Å². The number of nitrogens with one attached hydrogen (secondary N) is 4. The number of ether oxygens (including phenoxy) is 2. The maximum Gasteiger partial charge on any atom is 0.410 e. The molecule has 0 saturated carbocycles. The number of carbonyl (C=O) groups is 4. The SMILES string of the molecule is O=C(COC1CC(CNc2ccccn2)N(C(=O)OCc2ccccc2)C1)NCC(NC(=O)Nc1ccccc1)C(=O)O. The molecule has 0 aliphatic carbocycles. The van der Waals surface area contributed by atoms with E-state index in [0.717, 1.165) is 5.56 Å². The number of carboxylic acids is 1. The summed E-state index contributed by atoms with van der Waals surface area (Å²) in [5, 5.41) is 20.0. The minimum atomic E-state index is -1.36. The largest absolute Gasteiger partial charge is 0.480 e. The van der Waals surface area contributed by atoms with E-state index in [1.54, 1.807) is 47.5 Å². The van der Waals surface area contributed by atoms with Crippen molar-refractivity contribution in [2.45, 2.75) is 31.2 Å². The molecule has 43 heavy (non-hydrogen) atoms. The second-order valence-electron chi connectivity index (χ2n) is 9.77. The number of nitrogens with zero attached hydrogens (tertiary/aromatic N) is 2. The van der Waals surface area contributed by atoms with Crippen LogP contribution in [0.1, 0.15) is 12.0 Å². The van der Waals surface area contributed by atoms with Crippen molar-refractivity contribution >= 4 is 35.5 Å². The van der Waals surface area contributed by atoms with E-state index in [1.807, 2.05) is 42.5 Å². The van der Waals surface area contributed by atoms with Crippen molar-refractivity contribution in [2.24, 2.45) is 0 Å². The Morgan fingerprint density at radius 3 is 2.40 bits per heavy atom. The fourth-order valence-electron chi connectivity index (χ4n) is 4.41. The highest BCUT2D eigenvalue weighted by atomic mass is 16.6. The van der Waals surface area contributed by atoms with Gasteiger partial charge in [0.15, 0.2) is 0 Å². The van der Waals surface area contributed by atoms with Gasteiger partial charge in [0.25, 0.3) is 0 Å². The molecule has 13 heteroatoms. The van der Waals surface area contributed by atoms with Gasteiger partial charge in [0.05, 0.1) is 18.7 Å². The number of hydrogen-bond donors (Lipinski definition) is 5. The lowest BCUT2D eigenvalue weighted by atomic mass is 10.2. The molecule has 3 atom stereocenters. The van der Waals surface area contributed by atoms with Crippen LogP contribution in [0.3, 0.4) is 0 Å². The van der Waals surface area contributed by atoms with Crippen molar-refractivity contribution in [1.29, 1.82) is 0 Å². The molecule has 1 fully saturated rings. The zero-order valence-electron chi connectivity index (χ0n) is 23.3. The van der Waals surface area contributed by atoms with Gasteiger partial charge in [-0.25, -0.2) is 19.4 Å². The first kappa shape index (κ1) is 30.8. The molecule has 0 bridgehead atoms. The molecule has 5 N–H and O–H groups in total. The molecule has 226 valence electrons. The van der Waals surface area contributed by atoms with Crippen LogP contribution in [0.5, 0.6) is 0 Å². The van der Waals surface area contributed by atoms with E-state index in [9.17, 15) is 24.3 Å². The molecular weight excluding hydrogens is 556 g/mol. The Bertz CT molecular complexity index is 1350. The summed E-state index contributed by atoms with van der Waals surface area (Å²) in [7, 11) is 0. The number of rotatable bonds is 13. The highest BCUT2D eigenvalue weighted by Crippen LogP contribution is 2.22. The Morgan fingerprint density at radius 1 is 0.977 bits per heavy atom. The van der Waals surface area contributed by atoms with Crippen LogP contribution < -0.4 is 21.3 Å². The maximum atomic E-state index is 13.0. The minimum Gasteiger partial charge on any atom is -0.480 e. The number of anilines is 2. The molecule has 4 amide bonds. The molecule has 2 aromatic carbocycles. The second-order valence-corrected chi connectivity index (χ2v) is 9.77. The van der Waals surface area contributed by atoms with E-state index >= 15 is 0 Å². The highest BCUT2D eigenvalue weighted by Gasteiger charge is 2.37. The normalized spacial score (nSPS) is 16.5. The van der Waals surface area contributed by atoms with E-state index in [0.29, 0.717) is 24.5 Å². The van der Waals surface area contributed by atoms with Crippen molar-refractivity contribution in [3.8, 4) is 0 Å². The van der Waals surface area contributed by atoms with Crippen LogP contribution in [-0.2, 0) is 25.7 Å². The summed E-state index contributed by atoms with van der Waals surface area (Å²) in [6.45, 7) is 0.00105. The molecule has 4 rings (SSSR count). The summed E-state index contributed by atoms with van der Waals surface area (Å²) in [6, 6.07) is 21.0. The number of hydrogen-bond acceptors (Lipinski definition) is 8. The quantitative estimate of drug-likeness (QED) is 0.201. The molecule has 2 heterocycles. The van der Waals surface area contributed by atoms with Crippen LogP contribution in [0.2, 0.25) is 0 Å². The molecule has 1 aromatic heterocycles. The number of aromatic nitrogens is 1. The molecule has 13 nitrogen and oxygen atoms in total. The van der Waals surface area contributed by atoms with Gasteiger partial charge in [-0.1, -0.05) is 54.6 Å². The van der Waals surface area contributed by atoms with Gasteiger partial charge in [-0.3, -0.25) is 4.79 Å². The van der Waals surface area contributed by atoms with E-state index in [4.69, 9.17) is 9.47 Å². The number of urea groups is 1. The van der Waals surface area contributed by atoms with Crippen molar-refractivity contribution in [2.75, 3.05) is 36.9 Å². The van der Waals surface area contributed by atoms with Gasteiger partial charge in [0.1, 0.15) is 25.1 Å². The average Bonchev–Trinajstić information content (AvgIpc) is 3.44. The van der Waals surface area contributed by atoms with Gasteiger partial charge in [0, 0.05) is 25.0 Å². The van der Waals surface area contributed by atoms with E-state index < -0.39 is 36.1 Å². The Balaban J connectivity index is 1.26. The Kier molecular flexibility index (Phi) is 11.3. The first-order valence-corrected chi connectivity index (χ1v) is 13.7. The maximum absolute atomic E-state index is 13.0. The van der Waals surface area contributed by atoms with E-state index in [2.05, 4.69) is 26.3 Å². The van der Waals surface area contributed by atoms with Crippen molar-refractivity contribution in [3.05, 3.63) is 90.6 Å². The van der Waals surface area contributed by atoms with Crippen LogP contribution >= 0.6 is 0 Å². The first-order chi connectivity index (χ1) is 20.9. The fraction of sp³-hybridized carbons (Fsp3) is 0.300. The topological polar surface area (TPSA) is 171 Å². The van der Waals surface area contributed by atoms with E-state index in [1.165, 1.54) is 0 Å². The van der Waals surface area contributed by atoms with Crippen LogP contribution in [0.15, 0.2) is 85.1 Å².